The molecule has 2 heterocycles. The third-order valence-electron chi connectivity index (χ3n) is 3.88. The van der Waals surface area contributed by atoms with Gasteiger partial charge in [-0.2, -0.15) is 0 Å². The molecule has 6 heteroatoms. The van der Waals surface area contributed by atoms with E-state index in [2.05, 4.69) is 53.7 Å². The minimum atomic E-state index is -0.311. The molecule has 2 N–H and O–H groups in total. The SMILES string of the molecule is CN(C)CCc1c[nH]c2ccc(C[C@H]3COC(=O)N3)cc12.F. The Morgan fingerprint density at radius 3 is 2.86 bits per heavy atom. The molecule has 1 atom stereocenters. The van der Waals surface area contributed by atoms with E-state index in [0.29, 0.717) is 6.61 Å². The van der Waals surface area contributed by atoms with Crippen LogP contribution in [0.3, 0.4) is 0 Å². The number of benzene rings is 1. The number of carbonyl (C=O) groups excluding carboxylic acids is 1. The third kappa shape index (κ3) is 3.57. The van der Waals surface area contributed by atoms with Gasteiger partial charge in [-0.15, -0.1) is 0 Å². The van der Waals surface area contributed by atoms with Gasteiger partial charge in [-0.25, -0.2) is 4.79 Å². The van der Waals surface area contributed by atoms with Gasteiger partial charge in [0, 0.05) is 23.6 Å². The molecule has 0 saturated carbocycles. The van der Waals surface area contributed by atoms with Crippen molar-refractivity contribution in [2.45, 2.75) is 18.9 Å². The summed E-state index contributed by atoms with van der Waals surface area (Å²) in [6.07, 6.45) is 3.62. The second-order valence-corrected chi connectivity index (χ2v) is 5.89. The fourth-order valence-corrected chi connectivity index (χ4v) is 2.72. The number of rotatable bonds is 5. The number of nitrogens with one attached hydrogen (secondary N) is 2. The van der Waals surface area contributed by atoms with Crippen molar-refractivity contribution in [2.75, 3.05) is 27.2 Å². The Morgan fingerprint density at radius 2 is 2.18 bits per heavy atom. The van der Waals surface area contributed by atoms with E-state index in [4.69, 9.17) is 4.74 Å². The van der Waals surface area contributed by atoms with Crippen molar-refractivity contribution in [3.05, 3.63) is 35.5 Å². The molecule has 120 valence electrons. The molecule has 1 saturated heterocycles. The fraction of sp³-hybridized carbons (Fsp3) is 0.438. The summed E-state index contributed by atoms with van der Waals surface area (Å²) < 4.78 is 4.94. The van der Waals surface area contributed by atoms with Crippen molar-refractivity contribution in [3.63, 3.8) is 0 Å². The van der Waals surface area contributed by atoms with Crippen molar-refractivity contribution >= 4 is 17.0 Å². The molecule has 22 heavy (non-hydrogen) atoms. The van der Waals surface area contributed by atoms with Crippen LogP contribution in [0.2, 0.25) is 0 Å². The number of hydrogen-bond donors (Lipinski definition) is 2. The number of carbonyl (C=O) groups is 1. The van der Waals surface area contributed by atoms with Gasteiger partial charge in [0.1, 0.15) is 6.61 Å². The zero-order valence-corrected chi connectivity index (χ0v) is 12.9. The first-order valence-electron chi connectivity index (χ1n) is 7.29. The Labute approximate surface area is 129 Å². The van der Waals surface area contributed by atoms with Crippen molar-refractivity contribution in [1.82, 2.24) is 15.2 Å². The van der Waals surface area contributed by atoms with Gasteiger partial charge in [0.2, 0.25) is 0 Å². The second kappa shape index (κ2) is 6.79. The van der Waals surface area contributed by atoms with Crippen LogP contribution in [0.5, 0.6) is 0 Å². The van der Waals surface area contributed by atoms with Crippen molar-refractivity contribution < 1.29 is 14.2 Å². The number of aromatic amines is 1. The summed E-state index contributed by atoms with van der Waals surface area (Å²) in [5.74, 6) is 0. The van der Waals surface area contributed by atoms with Gasteiger partial charge < -0.3 is 19.9 Å². The molecule has 3 rings (SSSR count). The highest BCUT2D eigenvalue weighted by atomic mass is 19.0. The molecule has 1 aliphatic heterocycles. The Morgan fingerprint density at radius 1 is 1.36 bits per heavy atom. The summed E-state index contributed by atoms with van der Waals surface area (Å²) in [4.78, 5) is 16.6. The van der Waals surface area contributed by atoms with E-state index in [1.165, 1.54) is 22.0 Å². The molecule has 0 spiro atoms. The predicted molar refractivity (Wildman–Crippen MR) is 85.0 cm³/mol. The molecule has 1 fully saturated rings. The molecule has 1 aliphatic rings. The van der Waals surface area contributed by atoms with Gasteiger partial charge in [0.15, 0.2) is 0 Å². The number of aromatic nitrogens is 1. The Bertz CT molecular complexity index is 654. The van der Waals surface area contributed by atoms with Gasteiger partial charge in [-0.1, -0.05) is 6.07 Å². The Kier molecular flexibility index (Phi) is 5.03. The van der Waals surface area contributed by atoms with Crippen LogP contribution in [-0.2, 0) is 17.6 Å². The zero-order chi connectivity index (χ0) is 14.8. The molecule has 0 aliphatic carbocycles. The van der Waals surface area contributed by atoms with E-state index in [0.717, 1.165) is 19.4 Å². The lowest BCUT2D eigenvalue weighted by atomic mass is 10.0. The van der Waals surface area contributed by atoms with Crippen molar-refractivity contribution in [2.24, 2.45) is 0 Å². The monoisotopic (exact) mass is 307 g/mol. The lowest BCUT2D eigenvalue weighted by molar-refractivity contribution is 0.177. The molecule has 2 aromatic rings. The molecule has 0 radical (unpaired) electrons. The number of ether oxygens (including phenoxy) is 1. The zero-order valence-electron chi connectivity index (χ0n) is 12.9. The second-order valence-electron chi connectivity index (χ2n) is 5.89. The largest absolute Gasteiger partial charge is 0.447 e. The highest BCUT2D eigenvalue weighted by Gasteiger charge is 2.22. The number of H-pyrrole nitrogens is 1. The topological polar surface area (TPSA) is 57.4 Å². The summed E-state index contributed by atoms with van der Waals surface area (Å²) in [6.45, 7) is 1.49. The number of likely N-dealkylation sites (N-methyl/N-ethyl adjacent to an activating group) is 1. The highest BCUT2D eigenvalue weighted by molar-refractivity contribution is 5.84. The van der Waals surface area contributed by atoms with Crippen LogP contribution < -0.4 is 5.32 Å². The Balaban J connectivity index is 0.00000176. The van der Waals surface area contributed by atoms with E-state index in [-0.39, 0.29) is 16.8 Å². The van der Waals surface area contributed by atoms with Gasteiger partial charge in [-0.3, -0.25) is 4.70 Å². The maximum Gasteiger partial charge on any atom is 0.407 e. The minimum absolute atomic E-state index is 0. The summed E-state index contributed by atoms with van der Waals surface area (Å²) >= 11 is 0. The Hall–Kier alpha value is -2.08. The molecule has 0 unspecified atom stereocenters. The molecule has 0 bridgehead atoms. The average Bonchev–Trinajstić information content (AvgIpc) is 3.03. The molecule has 5 nitrogen and oxygen atoms in total. The third-order valence-corrected chi connectivity index (χ3v) is 3.88. The predicted octanol–water partition coefficient (Wildman–Crippen LogP) is 2.08. The fourth-order valence-electron chi connectivity index (χ4n) is 2.72. The van der Waals surface area contributed by atoms with E-state index < -0.39 is 0 Å². The summed E-state index contributed by atoms with van der Waals surface area (Å²) in [6, 6.07) is 6.53. The lowest BCUT2D eigenvalue weighted by Gasteiger charge is -2.09. The van der Waals surface area contributed by atoms with Crippen molar-refractivity contribution in [3.8, 4) is 0 Å². The number of nitrogens with zero attached hydrogens (tertiary/aromatic N) is 1. The number of cyclic esters (lactones) is 1. The molecular weight excluding hydrogens is 285 g/mol. The van der Waals surface area contributed by atoms with Crippen LogP contribution in [0.4, 0.5) is 9.50 Å². The standard InChI is InChI=1S/C16H21N3O2.FH/c1-19(2)6-5-12-9-17-15-4-3-11(8-14(12)15)7-13-10-21-16(20)18-13;/h3-4,8-9,13,17H,5-7,10H2,1-2H3,(H,18,20);1H/t13-;/m0./s1. The first-order valence-corrected chi connectivity index (χ1v) is 7.29. The normalized spacial score (nSPS) is 17.4. The van der Waals surface area contributed by atoms with Crippen molar-refractivity contribution in [1.29, 1.82) is 0 Å². The van der Waals surface area contributed by atoms with Gasteiger partial charge >= 0.3 is 6.09 Å². The lowest BCUT2D eigenvalue weighted by Crippen LogP contribution is -2.28. The number of halogens is 1. The highest BCUT2D eigenvalue weighted by Crippen LogP contribution is 2.21. The van der Waals surface area contributed by atoms with Crippen LogP contribution >= 0.6 is 0 Å². The minimum Gasteiger partial charge on any atom is -0.447 e. The smallest absolute Gasteiger partial charge is 0.407 e. The number of amides is 1. The van der Waals surface area contributed by atoms with E-state index >= 15 is 0 Å². The molecule has 1 aromatic carbocycles. The quantitative estimate of drug-likeness (QED) is 0.889. The number of hydrogen-bond acceptors (Lipinski definition) is 3. The van der Waals surface area contributed by atoms with Crippen LogP contribution in [0.1, 0.15) is 11.1 Å². The first kappa shape index (κ1) is 16.3. The van der Waals surface area contributed by atoms with Gasteiger partial charge in [-0.05, 0) is 50.2 Å². The van der Waals surface area contributed by atoms with Gasteiger partial charge in [0.25, 0.3) is 0 Å². The number of alkyl carbamates (subject to hydrolysis) is 1. The van der Waals surface area contributed by atoms with E-state index in [9.17, 15) is 4.79 Å². The summed E-state index contributed by atoms with van der Waals surface area (Å²) in [5, 5.41) is 4.10. The first-order chi connectivity index (χ1) is 10.1. The van der Waals surface area contributed by atoms with E-state index in [1.807, 2.05) is 0 Å². The molecular formula is C16H22FN3O2. The molecule has 1 aromatic heterocycles. The average molecular weight is 307 g/mol. The summed E-state index contributed by atoms with van der Waals surface area (Å²) in [7, 11) is 4.17. The number of fused-ring (bicyclic) bond motifs is 1. The van der Waals surface area contributed by atoms with Crippen LogP contribution in [-0.4, -0.2) is 49.3 Å². The maximum absolute atomic E-state index is 11.1. The maximum atomic E-state index is 11.1. The summed E-state index contributed by atoms with van der Waals surface area (Å²) in [5.41, 5.74) is 3.73. The molecule has 1 amide bonds. The van der Waals surface area contributed by atoms with Crippen LogP contribution in [0, 0.1) is 0 Å². The van der Waals surface area contributed by atoms with Crippen LogP contribution in [0.25, 0.3) is 10.9 Å². The van der Waals surface area contributed by atoms with Crippen LogP contribution in [0.15, 0.2) is 24.4 Å². The van der Waals surface area contributed by atoms with Gasteiger partial charge in [0.05, 0.1) is 6.04 Å². The van der Waals surface area contributed by atoms with E-state index in [1.54, 1.807) is 0 Å².